The van der Waals surface area contributed by atoms with E-state index in [4.69, 9.17) is 9.47 Å². The van der Waals surface area contributed by atoms with Gasteiger partial charge in [0.1, 0.15) is 0 Å². The van der Waals surface area contributed by atoms with Crippen molar-refractivity contribution >= 4 is 5.97 Å². The predicted molar refractivity (Wildman–Crippen MR) is 53.0 cm³/mol. The lowest BCUT2D eigenvalue weighted by Gasteiger charge is -2.34. The quantitative estimate of drug-likeness (QED) is 0.624. The molecule has 1 aliphatic rings. The summed E-state index contributed by atoms with van der Waals surface area (Å²) in [6, 6.07) is 0.399. The number of hydrogen-bond acceptors (Lipinski definition) is 4. The first-order valence-electron chi connectivity index (χ1n) is 5.04. The average molecular weight is 201 g/mol. The molecule has 1 fully saturated rings. The minimum absolute atomic E-state index is 0.0550. The molecule has 0 aliphatic carbocycles. The first-order valence-corrected chi connectivity index (χ1v) is 5.04. The van der Waals surface area contributed by atoms with Crippen LogP contribution in [0, 0.1) is 5.92 Å². The number of hydrogen-bond donors (Lipinski definition) is 0. The highest BCUT2D eigenvalue weighted by atomic mass is 16.5. The fourth-order valence-electron chi connectivity index (χ4n) is 1.66. The maximum absolute atomic E-state index is 11.2. The van der Waals surface area contributed by atoms with Crippen LogP contribution in [0.4, 0.5) is 0 Å². The first-order chi connectivity index (χ1) is 6.65. The standard InChI is InChI=1S/C10H19NO3/c1-8(10(12)13-3)6-11-4-5-14-7-9(11)2/h8-9H,4-7H2,1-3H3. The third-order valence-corrected chi connectivity index (χ3v) is 2.62. The molecule has 0 saturated carbocycles. The third kappa shape index (κ3) is 2.96. The van der Waals surface area contributed by atoms with E-state index in [1.807, 2.05) is 6.92 Å². The number of morpholine rings is 1. The fraction of sp³-hybridized carbons (Fsp3) is 0.900. The molecule has 0 aromatic carbocycles. The zero-order valence-electron chi connectivity index (χ0n) is 9.16. The van der Waals surface area contributed by atoms with Crippen LogP contribution in [0.1, 0.15) is 13.8 Å². The van der Waals surface area contributed by atoms with Gasteiger partial charge in [-0.2, -0.15) is 0 Å². The molecule has 0 bridgehead atoms. The van der Waals surface area contributed by atoms with Crippen molar-refractivity contribution in [2.45, 2.75) is 19.9 Å². The number of nitrogens with zero attached hydrogens (tertiary/aromatic N) is 1. The lowest BCUT2D eigenvalue weighted by atomic mass is 10.1. The Balaban J connectivity index is 2.38. The molecule has 0 N–H and O–H groups in total. The van der Waals surface area contributed by atoms with Crippen LogP contribution < -0.4 is 0 Å². The third-order valence-electron chi connectivity index (χ3n) is 2.62. The Morgan fingerprint density at radius 1 is 1.71 bits per heavy atom. The van der Waals surface area contributed by atoms with Crippen molar-refractivity contribution < 1.29 is 14.3 Å². The second-order valence-corrected chi connectivity index (χ2v) is 3.84. The summed E-state index contributed by atoms with van der Waals surface area (Å²) in [7, 11) is 1.43. The molecule has 0 amide bonds. The highest BCUT2D eigenvalue weighted by Gasteiger charge is 2.23. The summed E-state index contributed by atoms with van der Waals surface area (Å²) in [5, 5.41) is 0. The van der Waals surface area contributed by atoms with Crippen molar-refractivity contribution in [3.8, 4) is 0 Å². The normalized spacial score (nSPS) is 25.8. The molecule has 82 valence electrons. The van der Waals surface area contributed by atoms with Crippen molar-refractivity contribution in [1.29, 1.82) is 0 Å². The van der Waals surface area contributed by atoms with Gasteiger partial charge < -0.3 is 9.47 Å². The molecule has 1 heterocycles. The summed E-state index contributed by atoms with van der Waals surface area (Å²) in [4.78, 5) is 13.5. The van der Waals surface area contributed by atoms with Crippen LogP contribution in [0.2, 0.25) is 0 Å². The molecule has 1 aliphatic heterocycles. The summed E-state index contributed by atoms with van der Waals surface area (Å²) in [5.41, 5.74) is 0. The first kappa shape index (κ1) is 11.5. The SMILES string of the molecule is COC(=O)C(C)CN1CCOCC1C. The second kappa shape index (κ2) is 5.32. The number of rotatable bonds is 3. The molecular weight excluding hydrogens is 182 g/mol. The van der Waals surface area contributed by atoms with E-state index in [0.29, 0.717) is 6.04 Å². The molecular formula is C10H19NO3. The van der Waals surface area contributed by atoms with Crippen molar-refractivity contribution in [3.05, 3.63) is 0 Å². The molecule has 0 aromatic rings. The van der Waals surface area contributed by atoms with E-state index in [0.717, 1.165) is 26.3 Å². The Labute approximate surface area is 85.2 Å². The van der Waals surface area contributed by atoms with Crippen molar-refractivity contribution in [2.75, 3.05) is 33.4 Å². The Morgan fingerprint density at radius 2 is 2.43 bits per heavy atom. The van der Waals surface area contributed by atoms with Gasteiger partial charge in [-0.1, -0.05) is 6.92 Å². The predicted octanol–water partition coefficient (Wildman–Crippen LogP) is 0.516. The van der Waals surface area contributed by atoms with E-state index in [1.165, 1.54) is 7.11 Å². The number of carbonyl (C=O) groups excluding carboxylic acids is 1. The van der Waals surface area contributed by atoms with E-state index in [-0.39, 0.29) is 11.9 Å². The van der Waals surface area contributed by atoms with Crippen LogP contribution >= 0.6 is 0 Å². The molecule has 0 radical (unpaired) electrons. The molecule has 0 aromatic heterocycles. The van der Waals surface area contributed by atoms with Gasteiger partial charge in [0, 0.05) is 19.1 Å². The van der Waals surface area contributed by atoms with Crippen molar-refractivity contribution in [1.82, 2.24) is 4.90 Å². The maximum Gasteiger partial charge on any atom is 0.309 e. The minimum Gasteiger partial charge on any atom is -0.469 e. The number of carbonyl (C=O) groups is 1. The van der Waals surface area contributed by atoms with E-state index in [2.05, 4.69) is 11.8 Å². The van der Waals surface area contributed by atoms with Gasteiger partial charge in [0.05, 0.1) is 26.2 Å². The Hall–Kier alpha value is -0.610. The van der Waals surface area contributed by atoms with Gasteiger partial charge in [-0.3, -0.25) is 9.69 Å². The van der Waals surface area contributed by atoms with Gasteiger partial charge in [-0.25, -0.2) is 0 Å². The minimum atomic E-state index is -0.135. The van der Waals surface area contributed by atoms with Gasteiger partial charge >= 0.3 is 5.97 Å². The highest BCUT2D eigenvalue weighted by Crippen LogP contribution is 2.10. The van der Waals surface area contributed by atoms with Gasteiger partial charge in [0.25, 0.3) is 0 Å². The summed E-state index contributed by atoms with van der Waals surface area (Å²) in [6.45, 7) is 7.20. The number of methoxy groups -OCH3 is 1. The number of esters is 1. The van der Waals surface area contributed by atoms with E-state index in [1.54, 1.807) is 0 Å². The highest BCUT2D eigenvalue weighted by molar-refractivity contribution is 5.72. The lowest BCUT2D eigenvalue weighted by molar-refractivity contribution is -0.146. The Bertz CT molecular complexity index is 196. The van der Waals surface area contributed by atoms with E-state index in [9.17, 15) is 4.79 Å². The van der Waals surface area contributed by atoms with Crippen LogP contribution in [0.25, 0.3) is 0 Å². The molecule has 1 saturated heterocycles. The molecule has 2 unspecified atom stereocenters. The van der Waals surface area contributed by atoms with Crippen LogP contribution in [0.3, 0.4) is 0 Å². The average Bonchev–Trinajstić information content (AvgIpc) is 2.20. The van der Waals surface area contributed by atoms with Crippen molar-refractivity contribution in [3.63, 3.8) is 0 Å². The fourth-order valence-corrected chi connectivity index (χ4v) is 1.66. The van der Waals surface area contributed by atoms with Crippen LogP contribution in [0.5, 0.6) is 0 Å². The maximum atomic E-state index is 11.2. The summed E-state index contributed by atoms with van der Waals surface area (Å²) >= 11 is 0. The van der Waals surface area contributed by atoms with Gasteiger partial charge in [0.2, 0.25) is 0 Å². The van der Waals surface area contributed by atoms with E-state index < -0.39 is 0 Å². The van der Waals surface area contributed by atoms with E-state index >= 15 is 0 Å². The molecule has 4 nitrogen and oxygen atoms in total. The lowest BCUT2D eigenvalue weighted by Crippen LogP contribution is -2.46. The van der Waals surface area contributed by atoms with Gasteiger partial charge in [-0.05, 0) is 6.92 Å². The Kier molecular flexibility index (Phi) is 4.35. The largest absolute Gasteiger partial charge is 0.469 e. The summed E-state index contributed by atoms with van der Waals surface area (Å²) in [6.07, 6.45) is 0. The van der Waals surface area contributed by atoms with Crippen LogP contribution in [0.15, 0.2) is 0 Å². The van der Waals surface area contributed by atoms with Crippen LogP contribution in [-0.4, -0.2) is 50.3 Å². The van der Waals surface area contributed by atoms with Crippen molar-refractivity contribution in [2.24, 2.45) is 5.92 Å². The van der Waals surface area contributed by atoms with Gasteiger partial charge in [-0.15, -0.1) is 0 Å². The molecule has 1 rings (SSSR count). The zero-order chi connectivity index (χ0) is 10.6. The smallest absolute Gasteiger partial charge is 0.309 e. The number of ether oxygens (including phenoxy) is 2. The van der Waals surface area contributed by atoms with Crippen LogP contribution in [-0.2, 0) is 14.3 Å². The molecule has 4 heteroatoms. The molecule has 14 heavy (non-hydrogen) atoms. The summed E-state index contributed by atoms with van der Waals surface area (Å²) in [5.74, 6) is -0.191. The second-order valence-electron chi connectivity index (χ2n) is 3.84. The zero-order valence-corrected chi connectivity index (χ0v) is 9.16. The molecule has 0 spiro atoms. The Morgan fingerprint density at radius 3 is 3.00 bits per heavy atom. The monoisotopic (exact) mass is 201 g/mol. The van der Waals surface area contributed by atoms with Gasteiger partial charge in [0.15, 0.2) is 0 Å². The topological polar surface area (TPSA) is 38.8 Å². The summed E-state index contributed by atoms with van der Waals surface area (Å²) < 4.78 is 10.0. The molecule has 2 atom stereocenters.